The van der Waals surface area contributed by atoms with Gasteiger partial charge in [-0.25, -0.2) is 4.79 Å². The molecule has 2 fully saturated rings. The number of nitrogens with one attached hydrogen (secondary N) is 1. The molecule has 0 aliphatic carbocycles. The number of hydrogen-bond donors (Lipinski definition) is 1. The summed E-state index contributed by atoms with van der Waals surface area (Å²) < 4.78 is 0. The van der Waals surface area contributed by atoms with Gasteiger partial charge < -0.3 is 5.32 Å². The van der Waals surface area contributed by atoms with Gasteiger partial charge in [0.15, 0.2) is 0 Å². The van der Waals surface area contributed by atoms with Crippen LogP contribution >= 0.6 is 0 Å². The smallest absolute Gasteiger partial charge is 0.324 e. The zero-order valence-corrected chi connectivity index (χ0v) is 9.74. The zero-order valence-electron chi connectivity index (χ0n) is 9.74. The van der Waals surface area contributed by atoms with E-state index in [1.165, 1.54) is 11.3 Å². The summed E-state index contributed by atoms with van der Waals surface area (Å²) in [6.45, 7) is 4.94. The Kier molecular flexibility index (Phi) is 3.43. The van der Waals surface area contributed by atoms with Crippen molar-refractivity contribution in [2.75, 3.05) is 26.2 Å². The summed E-state index contributed by atoms with van der Waals surface area (Å²) in [6.07, 6.45) is 3.56. The molecule has 2 rings (SSSR count). The van der Waals surface area contributed by atoms with Crippen molar-refractivity contribution in [1.29, 1.82) is 0 Å². The molecule has 1 N–H and O–H groups in total. The molecule has 16 heavy (non-hydrogen) atoms. The number of amides is 3. The Bertz CT molecular complexity index is 287. The van der Waals surface area contributed by atoms with E-state index in [1.54, 1.807) is 0 Å². The second-order valence-corrected chi connectivity index (χ2v) is 4.49. The standard InChI is InChI=1S/C11H19N3O2/c1-9(13-6-3-2-4-7-13)10(15)14-8-5-12-11(14)16/h9H,2-8H2,1H3,(H,12,16)/t9-/m0/s1. The van der Waals surface area contributed by atoms with Gasteiger partial charge in [0.1, 0.15) is 0 Å². The minimum absolute atomic E-state index is 0.0584. The maximum Gasteiger partial charge on any atom is 0.324 e. The molecule has 3 amide bonds. The van der Waals surface area contributed by atoms with E-state index in [1.807, 2.05) is 6.92 Å². The molecule has 0 unspecified atom stereocenters. The highest BCUT2D eigenvalue weighted by atomic mass is 16.2. The normalized spacial score (nSPS) is 24.3. The van der Waals surface area contributed by atoms with E-state index < -0.39 is 0 Å². The number of likely N-dealkylation sites (tertiary alicyclic amines) is 1. The third kappa shape index (κ3) is 2.19. The number of carbonyl (C=O) groups excluding carboxylic acids is 2. The van der Waals surface area contributed by atoms with Gasteiger partial charge in [-0.1, -0.05) is 6.42 Å². The number of hydrogen-bond acceptors (Lipinski definition) is 3. The van der Waals surface area contributed by atoms with Gasteiger partial charge in [-0.05, 0) is 32.9 Å². The van der Waals surface area contributed by atoms with Gasteiger partial charge in [0, 0.05) is 13.1 Å². The number of rotatable bonds is 2. The van der Waals surface area contributed by atoms with E-state index in [0.717, 1.165) is 25.9 Å². The Morgan fingerprint density at radius 2 is 1.94 bits per heavy atom. The number of carbonyl (C=O) groups is 2. The van der Waals surface area contributed by atoms with Crippen LogP contribution in [0.1, 0.15) is 26.2 Å². The minimum Gasteiger partial charge on any atom is -0.336 e. The van der Waals surface area contributed by atoms with Crippen LogP contribution in [0, 0.1) is 0 Å². The Labute approximate surface area is 95.8 Å². The Morgan fingerprint density at radius 3 is 2.50 bits per heavy atom. The summed E-state index contributed by atoms with van der Waals surface area (Å²) >= 11 is 0. The summed E-state index contributed by atoms with van der Waals surface area (Å²) in [5, 5.41) is 2.66. The topological polar surface area (TPSA) is 52.7 Å². The number of imide groups is 1. The van der Waals surface area contributed by atoms with Crippen molar-refractivity contribution in [3.63, 3.8) is 0 Å². The fourth-order valence-corrected chi connectivity index (χ4v) is 2.37. The number of nitrogens with zero attached hydrogens (tertiary/aromatic N) is 2. The monoisotopic (exact) mass is 225 g/mol. The molecule has 0 aromatic heterocycles. The van der Waals surface area contributed by atoms with Crippen LogP contribution in [0.25, 0.3) is 0 Å². The second-order valence-electron chi connectivity index (χ2n) is 4.49. The average molecular weight is 225 g/mol. The summed E-state index contributed by atoms with van der Waals surface area (Å²) in [5.41, 5.74) is 0. The predicted octanol–water partition coefficient (Wildman–Crippen LogP) is 0.413. The molecule has 0 aromatic carbocycles. The van der Waals surface area contributed by atoms with E-state index in [4.69, 9.17) is 0 Å². The molecule has 5 nitrogen and oxygen atoms in total. The van der Waals surface area contributed by atoms with Crippen LogP contribution in [0.4, 0.5) is 4.79 Å². The van der Waals surface area contributed by atoms with Crippen LogP contribution in [-0.2, 0) is 4.79 Å². The Morgan fingerprint density at radius 1 is 1.25 bits per heavy atom. The summed E-state index contributed by atoms with van der Waals surface area (Å²) in [4.78, 5) is 27.0. The summed E-state index contributed by atoms with van der Waals surface area (Å²) in [6, 6.07) is -0.405. The van der Waals surface area contributed by atoms with Gasteiger partial charge in [-0.2, -0.15) is 0 Å². The van der Waals surface area contributed by atoms with Crippen LogP contribution in [-0.4, -0.2) is 54.0 Å². The first kappa shape index (κ1) is 11.4. The molecule has 0 spiro atoms. The van der Waals surface area contributed by atoms with Gasteiger partial charge in [0.25, 0.3) is 0 Å². The molecule has 0 saturated carbocycles. The van der Waals surface area contributed by atoms with E-state index in [9.17, 15) is 9.59 Å². The molecule has 90 valence electrons. The predicted molar refractivity (Wildman–Crippen MR) is 60.0 cm³/mol. The van der Waals surface area contributed by atoms with Crippen LogP contribution in [0.15, 0.2) is 0 Å². The molecular weight excluding hydrogens is 206 g/mol. The zero-order chi connectivity index (χ0) is 11.5. The van der Waals surface area contributed by atoms with Crippen LogP contribution in [0.2, 0.25) is 0 Å². The molecule has 2 heterocycles. The van der Waals surface area contributed by atoms with E-state index >= 15 is 0 Å². The maximum absolute atomic E-state index is 12.1. The maximum atomic E-state index is 12.1. The summed E-state index contributed by atoms with van der Waals surface area (Å²) in [5.74, 6) is -0.0584. The summed E-state index contributed by atoms with van der Waals surface area (Å²) in [7, 11) is 0. The van der Waals surface area contributed by atoms with Crippen molar-refractivity contribution in [2.45, 2.75) is 32.2 Å². The Hall–Kier alpha value is -1.10. The molecular formula is C11H19N3O2. The lowest BCUT2D eigenvalue weighted by Crippen LogP contribution is -2.49. The third-order valence-electron chi connectivity index (χ3n) is 3.42. The first-order valence-corrected chi connectivity index (χ1v) is 6.03. The van der Waals surface area contributed by atoms with Gasteiger partial charge in [0.05, 0.1) is 6.04 Å². The molecule has 1 atom stereocenters. The average Bonchev–Trinajstić information content (AvgIpc) is 2.75. The highest BCUT2D eigenvalue weighted by Gasteiger charge is 2.32. The SMILES string of the molecule is C[C@@H](C(=O)N1CCNC1=O)N1CCCCC1. The van der Waals surface area contributed by atoms with E-state index in [2.05, 4.69) is 10.2 Å². The number of urea groups is 1. The van der Waals surface area contributed by atoms with Crippen molar-refractivity contribution < 1.29 is 9.59 Å². The molecule has 2 saturated heterocycles. The van der Waals surface area contributed by atoms with Crippen LogP contribution in [0.3, 0.4) is 0 Å². The van der Waals surface area contributed by atoms with Crippen molar-refractivity contribution in [1.82, 2.24) is 15.1 Å². The molecule has 0 bridgehead atoms. The molecule has 2 aliphatic heterocycles. The lowest BCUT2D eigenvalue weighted by molar-refractivity contribution is -0.133. The largest absolute Gasteiger partial charge is 0.336 e. The first-order chi connectivity index (χ1) is 7.70. The van der Waals surface area contributed by atoms with Gasteiger partial charge in [0.2, 0.25) is 5.91 Å². The molecule has 0 radical (unpaired) electrons. The van der Waals surface area contributed by atoms with E-state index in [-0.39, 0.29) is 18.0 Å². The van der Waals surface area contributed by atoms with Crippen molar-refractivity contribution in [3.8, 4) is 0 Å². The molecule has 2 aliphatic rings. The van der Waals surface area contributed by atoms with Gasteiger partial charge >= 0.3 is 6.03 Å². The van der Waals surface area contributed by atoms with Gasteiger partial charge in [-0.15, -0.1) is 0 Å². The van der Waals surface area contributed by atoms with Crippen LogP contribution < -0.4 is 5.32 Å². The quantitative estimate of drug-likeness (QED) is 0.740. The molecule has 5 heteroatoms. The van der Waals surface area contributed by atoms with E-state index in [0.29, 0.717) is 13.1 Å². The van der Waals surface area contributed by atoms with Crippen molar-refractivity contribution in [3.05, 3.63) is 0 Å². The first-order valence-electron chi connectivity index (χ1n) is 6.03. The van der Waals surface area contributed by atoms with Crippen molar-refractivity contribution in [2.24, 2.45) is 0 Å². The fourth-order valence-electron chi connectivity index (χ4n) is 2.37. The molecule has 0 aromatic rings. The highest BCUT2D eigenvalue weighted by Crippen LogP contribution is 2.14. The van der Waals surface area contributed by atoms with Crippen LogP contribution in [0.5, 0.6) is 0 Å². The van der Waals surface area contributed by atoms with Crippen molar-refractivity contribution >= 4 is 11.9 Å². The third-order valence-corrected chi connectivity index (χ3v) is 3.42. The number of piperidine rings is 1. The highest BCUT2D eigenvalue weighted by molar-refractivity contribution is 5.98. The minimum atomic E-state index is -0.242. The fraction of sp³-hybridized carbons (Fsp3) is 0.818. The Balaban J connectivity index is 1.95. The van der Waals surface area contributed by atoms with Gasteiger partial charge in [-0.3, -0.25) is 14.6 Å². The lowest BCUT2D eigenvalue weighted by Gasteiger charge is -2.32. The lowest BCUT2D eigenvalue weighted by atomic mass is 10.1. The second kappa shape index (κ2) is 4.82.